The van der Waals surface area contributed by atoms with Gasteiger partial charge < -0.3 is 16.8 Å². The number of aliphatic imine (C=N–C) groups is 1. The van der Waals surface area contributed by atoms with Crippen LogP contribution in [0.1, 0.15) is 26.2 Å². The Morgan fingerprint density at radius 1 is 1.46 bits per heavy atom. The maximum absolute atomic E-state index is 10.9. The minimum absolute atomic E-state index is 0.0900. The minimum Gasteiger partial charge on any atom is -0.370 e. The lowest BCUT2D eigenvalue weighted by Gasteiger charge is -2.01. The standard InChI is InChI=1S/C8H18N4O/c1-2-4-7(13)11-5-3-6-12-8(9)10/h2-6H2,1H3,(H,11,13)(H4,9,10,12). The molecule has 0 rings (SSSR count). The maximum Gasteiger partial charge on any atom is 0.219 e. The van der Waals surface area contributed by atoms with Gasteiger partial charge in [0.25, 0.3) is 0 Å². The molecule has 0 bridgehead atoms. The molecular formula is C8H18N4O. The van der Waals surface area contributed by atoms with Gasteiger partial charge in [-0.25, -0.2) is 0 Å². The molecule has 13 heavy (non-hydrogen) atoms. The zero-order valence-corrected chi connectivity index (χ0v) is 8.05. The second kappa shape index (κ2) is 7.39. The van der Waals surface area contributed by atoms with E-state index >= 15 is 0 Å². The molecule has 0 heterocycles. The summed E-state index contributed by atoms with van der Waals surface area (Å²) in [5.74, 6) is 0.187. The third-order valence-electron chi connectivity index (χ3n) is 1.43. The molecule has 5 nitrogen and oxygen atoms in total. The minimum atomic E-state index is 0.0900. The van der Waals surface area contributed by atoms with Gasteiger partial charge in [-0.15, -0.1) is 0 Å². The fourth-order valence-electron chi connectivity index (χ4n) is 0.830. The Balaban J connectivity index is 3.26. The first-order chi connectivity index (χ1) is 6.16. The molecule has 0 aliphatic carbocycles. The molecule has 0 saturated heterocycles. The van der Waals surface area contributed by atoms with Crippen molar-refractivity contribution in [3.05, 3.63) is 0 Å². The molecule has 0 radical (unpaired) electrons. The molecule has 0 aromatic carbocycles. The quantitative estimate of drug-likeness (QED) is 0.298. The normalized spacial score (nSPS) is 9.31. The highest BCUT2D eigenvalue weighted by Gasteiger charge is 1.96. The van der Waals surface area contributed by atoms with Crippen LogP contribution >= 0.6 is 0 Å². The van der Waals surface area contributed by atoms with Crippen LogP contribution < -0.4 is 16.8 Å². The zero-order valence-electron chi connectivity index (χ0n) is 8.05. The van der Waals surface area contributed by atoms with Crippen LogP contribution in [0, 0.1) is 0 Å². The highest BCUT2D eigenvalue weighted by Crippen LogP contribution is 1.86. The molecule has 0 saturated carbocycles. The van der Waals surface area contributed by atoms with Crippen molar-refractivity contribution in [1.82, 2.24) is 5.32 Å². The number of nitrogens with zero attached hydrogens (tertiary/aromatic N) is 1. The smallest absolute Gasteiger partial charge is 0.219 e. The molecule has 5 N–H and O–H groups in total. The lowest BCUT2D eigenvalue weighted by Crippen LogP contribution is -2.26. The number of carbonyl (C=O) groups excluding carboxylic acids is 1. The molecule has 76 valence electrons. The number of guanidine groups is 1. The highest BCUT2D eigenvalue weighted by atomic mass is 16.1. The summed E-state index contributed by atoms with van der Waals surface area (Å²) < 4.78 is 0. The first kappa shape index (κ1) is 11.7. The lowest BCUT2D eigenvalue weighted by molar-refractivity contribution is -0.121. The molecule has 0 atom stereocenters. The van der Waals surface area contributed by atoms with Crippen molar-refractivity contribution in [3.8, 4) is 0 Å². The first-order valence-corrected chi connectivity index (χ1v) is 4.49. The van der Waals surface area contributed by atoms with E-state index in [0.717, 1.165) is 12.8 Å². The zero-order chi connectivity index (χ0) is 10.1. The summed E-state index contributed by atoms with van der Waals surface area (Å²) in [5, 5.41) is 2.77. The number of amides is 1. The number of rotatable bonds is 6. The predicted octanol–water partition coefficient (Wildman–Crippen LogP) is -0.434. The Hall–Kier alpha value is -1.26. The van der Waals surface area contributed by atoms with Gasteiger partial charge >= 0.3 is 0 Å². The average Bonchev–Trinajstić information content (AvgIpc) is 2.03. The number of hydrogen-bond acceptors (Lipinski definition) is 2. The summed E-state index contributed by atoms with van der Waals surface area (Å²) in [6, 6.07) is 0. The largest absolute Gasteiger partial charge is 0.370 e. The summed E-state index contributed by atoms with van der Waals surface area (Å²) in [6.07, 6.45) is 2.23. The van der Waals surface area contributed by atoms with Gasteiger partial charge in [-0.05, 0) is 12.8 Å². The summed E-state index contributed by atoms with van der Waals surface area (Å²) in [5.41, 5.74) is 10.2. The monoisotopic (exact) mass is 186 g/mol. The van der Waals surface area contributed by atoms with Crippen molar-refractivity contribution in [3.63, 3.8) is 0 Å². The Morgan fingerprint density at radius 3 is 2.69 bits per heavy atom. The van der Waals surface area contributed by atoms with E-state index in [1.54, 1.807) is 0 Å². The SMILES string of the molecule is CCCC(=O)NCCCN=C(N)N. The van der Waals surface area contributed by atoms with Crippen LogP contribution in [0.25, 0.3) is 0 Å². The van der Waals surface area contributed by atoms with Gasteiger partial charge in [0, 0.05) is 19.5 Å². The van der Waals surface area contributed by atoms with Gasteiger partial charge in [0.1, 0.15) is 0 Å². The van der Waals surface area contributed by atoms with Crippen molar-refractivity contribution < 1.29 is 4.79 Å². The van der Waals surface area contributed by atoms with Gasteiger partial charge in [-0.1, -0.05) is 6.92 Å². The second-order valence-electron chi connectivity index (χ2n) is 2.76. The number of hydrogen-bond donors (Lipinski definition) is 3. The van der Waals surface area contributed by atoms with Gasteiger partial charge in [0.2, 0.25) is 5.91 Å². The molecule has 0 spiro atoms. The van der Waals surface area contributed by atoms with Gasteiger partial charge in [0.05, 0.1) is 0 Å². The Bertz CT molecular complexity index is 175. The fraction of sp³-hybridized carbons (Fsp3) is 0.750. The van der Waals surface area contributed by atoms with E-state index in [9.17, 15) is 4.79 Å². The van der Waals surface area contributed by atoms with E-state index in [4.69, 9.17) is 11.5 Å². The molecule has 0 fully saturated rings. The predicted molar refractivity (Wildman–Crippen MR) is 53.2 cm³/mol. The summed E-state index contributed by atoms with van der Waals surface area (Å²) in [6.45, 7) is 3.17. The Labute approximate surface area is 78.6 Å². The van der Waals surface area contributed by atoms with Gasteiger partial charge in [0.15, 0.2) is 5.96 Å². The molecule has 5 heteroatoms. The van der Waals surface area contributed by atoms with Crippen molar-refractivity contribution in [2.24, 2.45) is 16.5 Å². The van der Waals surface area contributed by atoms with E-state index in [1.807, 2.05) is 6.92 Å². The van der Waals surface area contributed by atoms with Crippen molar-refractivity contribution in [2.45, 2.75) is 26.2 Å². The van der Waals surface area contributed by atoms with E-state index in [2.05, 4.69) is 10.3 Å². The maximum atomic E-state index is 10.9. The lowest BCUT2D eigenvalue weighted by atomic mass is 10.3. The van der Waals surface area contributed by atoms with Crippen LogP contribution in [0.4, 0.5) is 0 Å². The molecule has 0 aromatic rings. The highest BCUT2D eigenvalue weighted by molar-refractivity contribution is 5.76. The van der Waals surface area contributed by atoms with Crippen molar-refractivity contribution in [2.75, 3.05) is 13.1 Å². The molecule has 0 aliphatic rings. The molecular weight excluding hydrogens is 168 g/mol. The van der Waals surface area contributed by atoms with E-state index in [-0.39, 0.29) is 11.9 Å². The van der Waals surface area contributed by atoms with Crippen LogP contribution in [0.5, 0.6) is 0 Å². The summed E-state index contributed by atoms with van der Waals surface area (Å²) in [7, 11) is 0. The van der Waals surface area contributed by atoms with Crippen LogP contribution in [0.15, 0.2) is 4.99 Å². The van der Waals surface area contributed by atoms with Gasteiger partial charge in [-0.3, -0.25) is 9.79 Å². The molecule has 0 aliphatic heterocycles. The average molecular weight is 186 g/mol. The van der Waals surface area contributed by atoms with Gasteiger partial charge in [-0.2, -0.15) is 0 Å². The Morgan fingerprint density at radius 2 is 2.15 bits per heavy atom. The van der Waals surface area contributed by atoms with Crippen LogP contribution in [-0.2, 0) is 4.79 Å². The summed E-state index contributed by atoms with van der Waals surface area (Å²) >= 11 is 0. The molecule has 0 unspecified atom stereocenters. The van der Waals surface area contributed by atoms with Crippen LogP contribution in [-0.4, -0.2) is 25.0 Å². The number of nitrogens with one attached hydrogen (secondary N) is 1. The first-order valence-electron chi connectivity index (χ1n) is 4.49. The molecule has 0 aromatic heterocycles. The van der Waals surface area contributed by atoms with E-state index in [1.165, 1.54) is 0 Å². The summed E-state index contributed by atoms with van der Waals surface area (Å²) in [4.78, 5) is 14.7. The fourth-order valence-corrected chi connectivity index (χ4v) is 0.830. The topological polar surface area (TPSA) is 93.5 Å². The van der Waals surface area contributed by atoms with E-state index < -0.39 is 0 Å². The number of carbonyl (C=O) groups is 1. The van der Waals surface area contributed by atoms with Crippen molar-refractivity contribution >= 4 is 11.9 Å². The van der Waals surface area contributed by atoms with E-state index in [0.29, 0.717) is 19.5 Å². The Kier molecular flexibility index (Phi) is 6.68. The number of nitrogens with two attached hydrogens (primary N) is 2. The third kappa shape index (κ3) is 8.65. The third-order valence-corrected chi connectivity index (χ3v) is 1.43. The van der Waals surface area contributed by atoms with Crippen LogP contribution in [0.3, 0.4) is 0 Å². The second-order valence-corrected chi connectivity index (χ2v) is 2.76. The van der Waals surface area contributed by atoms with Crippen LogP contribution in [0.2, 0.25) is 0 Å². The van der Waals surface area contributed by atoms with Crippen molar-refractivity contribution in [1.29, 1.82) is 0 Å². The molecule has 1 amide bonds.